The van der Waals surface area contributed by atoms with E-state index in [1.807, 2.05) is 6.07 Å². The number of ether oxygens (including phenoxy) is 1. The van der Waals surface area contributed by atoms with Gasteiger partial charge in [-0.1, -0.05) is 5.16 Å². The van der Waals surface area contributed by atoms with Crippen molar-refractivity contribution in [1.29, 1.82) is 5.26 Å². The summed E-state index contributed by atoms with van der Waals surface area (Å²) in [5.41, 5.74) is 1.52. The Labute approximate surface area is 167 Å². The van der Waals surface area contributed by atoms with Crippen LogP contribution in [-0.4, -0.2) is 16.1 Å². The number of aromatic nitrogens is 2. The van der Waals surface area contributed by atoms with Crippen molar-refractivity contribution in [3.05, 3.63) is 76.2 Å². The summed E-state index contributed by atoms with van der Waals surface area (Å²) in [5, 5.41) is 13.6. The number of rotatable bonds is 3. The monoisotopic (exact) mass is 411 g/mol. The maximum absolute atomic E-state index is 13.3. The average Bonchev–Trinajstić information content (AvgIpc) is 3.13. The summed E-state index contributed by atoms with van der Waals surface area (Å²) < 4.78 is 47.7. The first-order valence-corrected chi connectivity index (χ1v) is 8.65. The first-order valence-electron chi connectivity index (χ1n) is 8.65. The van der Waals surface area contributed by atoms with Gasteiger partial charge >= 0.3 is 6.36 Å². The summed E-state index contributed by atoms with van der Waals surface area (Å²) in [7, 11) is 0. The van der Waals surface area contributed by atoms with Crippen molar-refractivity contribution in [2.24, 2.45) is 0 Å². The number of benzene rings is 2. The van der Waals surface area contributed by atoms with Gasteiger partial charge in [0, 0.05) is 17.1 Å². The number of halogens is 3. The van der Waals surface area contributed by atoms with Crippen LogP contribution in [0.25, 0.3) is 27.9 Å². The van der Waals surface area contributed by atoms with E-state index in [4.69, 9.17) is 4.52 Å². The third kappa shape index (κ3) is 3.63. The lowest BCUT2D eigenvalue weighted by Gasteiger charge is -2.14. The Morgan fingerprint density at radius 1 is 1.10 bits per heavy atom. The smallest absolute Gasteiger partial charge is 0.406 e. The highest BCUT2D eigenvalue weighted by Gasteiger charge is 2.31. The van der Waals surface area contributed by atoms with E-state index in [-0.39, 0.29) is 11.3 Å². The molecule has 150 valence electrons. The van der Waals surface area contributed by atoms with Gasteiger partial charge in [-0.05, 0) is 55.5 Å². The maximum atomic E-state index is 13.3. The Hall–Kier alpha value is -4.06. The highest BCUT2D eigenvalue weighted by atomic mass is 19.4. The summed E-state index contributed by atoms with van der Waals surface area (Å²) in [4.78, 5) is 13.3. The molecule has 4 rings (SSSR count). The predicted octanol–water partition coefficient (Wildman–Crippen LogP) is 4.72. The standard InChI is InChI=1S/C21H12F3N3O3/c1-12-8-19(30-26-12)17-10-14-9-13(11-25)2-7-18(14)27(20(17)28)15-3-5-16(6-4-15)29-21(22,23)24/h2-10H,1H3. The topological polar surface area (TPSA) is 81.0 Å². The number of hydrogen-bond acceptors (Lipinski definition) is 5. The molecule has 0 saturated carbocycles. The van der Waals surface area contributed by atoms with Gasteiger partial charge in [0.15, 0.2) is 5.76 Å². The van der Waals surface area contributed by atoms with E-state index in [1.165, 1.54) is 16.7 Å². The Balaban J connectivity index is 1.95. The molecule has 0 spiro atoms. The van der Waals surface area contributed by atoms with Gasteiger partial charge in [-0.15, -0.1) is 13.2 Å². The molecule has 0 aliphatic carbocycles. The second-order valence-corrected chi connectivity index (χ2v) is 6.46. The number of alkyl halides is 3. The zero-order chi connectivity index (χ0) is 21.5. The van der Waals surface area contributed by atoms with Gasteiger partial charge in [0.2, 0.25) is 0 Å². The Kier molecular flexibility index (Phi) is 4.54. The first-order chi connectivity index (χ1) is 14.2. The molecule has 2 aromatic heterocycles. The minimum atomic E-state index is -4.82. The molecule has 0 aliphatic heterocycles. The van der Waals surface area contributed by atoms with Gasteiger partial charge in [0.1, 0.15) is 5.75 Å². The minimum absolute atomic E-state index is 0.203. The third-order valence-electron chi connectivity index (χ3n) is 4.35. The maximum Gasteiger partial charge on any atom is 0.573 e. The lowest BCUT2D eigenvalue weighted by atomic mass is 10.1. The summed E-state index contributed by atoms with van der Waals surface area (Å²) in [5.74, 6) is -0.162. The van der Waals surface area contributed by atoms with Gasteiger partial charge < -0.3 is 9.26 Å². The largest absolute Gasteiger partial charge is 0.573 e. The van der Waals surface area contributed by atoms with Crippen LogP contribution in [0.3, 0.4) is 0 Å². The molecule has 2 aromatic carbocycles. The van der Waals surface area contributed by atoms with E-state index in [9.17, 15) is 23.2 Å². The van der Waals surface area contributed by atoms with Gasteiger partial charge in [0.05, 0.1) is 28.4 Å². The number of nitrogens with zero attached hydrogens (tertiary/aromatic N) is 3. The zero-order valence-corrected chi connectivity index (χ0v) is 15.4. The van der Waals surface area contributed by atoms with Crippen LogP contribution in [0.4, 0.5) is 13.2 Å². The van der Waals surface area contributed by atoms with Gasteiger partial charge in [-0.2, -0.15) is 5.26 Å². The molecule has 0 unspecified atom stereocenters. The minimum Gasteiger partial charge on any atom is -0.406 e. The predicted molar refractivity (Wildman–Crippen MR) is 101 cm³/mol. The molecule has 0 aliphatic rings. The Morgan fingerprint density at radius 3 is 2.43 bits per heavy atom. The lowest BCUT2D eigenvalue weighted by molar-refractivity contribution is -0.274. The molecule has 0 fully saturated rings. The fraction of sp³-hybridized carbons (Fsp3) is 0.0952. The van der Waals surface area contributed by atoms with Gasteiger partial charge in [-0.25, -0.2) is 0 Å². The number of pyridine rings is 1. The van der Waals surface area contributed by atoms with Crippen molar-refractivity contribution in [3.8, 4) is 28.8 Å². The van der Waals surface area contributed by atoms with Gasteiger partial charge in [-0.3, -0.25) is 9.36 Å². The van der Waals surface area contributed by atoms with Crippen LogP contribution >= 0.6 is 0 Å². The van der Waals surface area contributed by atoms with Crippen molar-refractivity contribution in [2.75, 3.05) is 0 Å². The van der Waals surface area contributed by atoms with Gasteiger partial charge in [0.25, 0.3) is 5.56 Å². The van der Waals surface area contributed by atoms with E-state index < -0.39 is 17.7 Å². The van der Waals surface area contributed by atoms with Crippen LogP contribution in [0.1, 0.15) is 11.3 Å². The van der Waals surface area contributed by atoms with Crippen LogP contribution in [0.15, 0.2) is 63.9 Å². The highest BCUT2D eigenvalue weighted by molar-refractivity contribution is 5.86. The number of fused-ring (bicyclic) bond motifs is 1. The molecule has 0 atom stereocenters. The molecule has 0 radical (unpaired) electrons. The number of aryl methyl sites for hydroxylation is 1. The summed E-state index contributed by atoms with van der Waals surface area (Å²) in [6.07, 6.45) is -4.82. The summed E-state index contributed by atoms with van der Waals surface area (Å²) in [6, 6.07) is 14.9. The summed E-state index contributed by atoms with van der Waals surface area (Å²) in [6.45, 7) is 1.71. The second kappa shape index (κ2) is 7.08. The molecular weight excluding hydrogens is 399 g/mol. The second-order valence-electron chi connectivity index (χ2n) is 6.46. The SMILES string of the molecule is Cc1cc(-c2cc3cc(C#N)ccc3n(-c3ccc(OC(F)(F)F)cc3)c2=O)on1. The zero-order valence-electron chi connectivity index (χ0n) is 15.4. The van der Waals surface area contributed by atoms with E-state index in [0.29, 0.717) is 27.8 Å². The average molecular weight is 411 g/mol. The Morgan fingerprint density at radius 2 is 1.83 bits per heavy atom. The quantitative estimate of drug-likeness (QED) is 0.487. The van der Waals surface area contributed by atoms with Crippen molar-refractivity contribution >= 4 is 10.9 Å². The fourth-order valence-electron chi connectivity index (χ4n) is 3.11. The molecular formula is C21H12F3N3O3. The van der Waals surface area contributed by atoms with Crippen LogP contribution in [0.2, 0.25) is 0 Å². The normalized spacial score (nSPS) is 11.4. The van der Waals surface area contributed by atoms with E-state index in [1.54, 1.807) is 37.3 Å². The van der Waals surface area contributed by atoms with Crippen LogP contribution in [0, 0.1) is 18.3 Å². The van der Waals surface area contributed by atoms with E-state index in [0.717, 1.165) is 12.1 Å². The van der Waals surface area contributed by atoms with E-state index in [2.05, 4.69) is 9.89 Å². The fourth-order valence-corrected chi connectivity index (χ4v) is 3.11. The molecule has 0 bridgehead atoms. The van der Waals surface area contributed by atoms with Crippen LogP contribution in [0.5, 0.6) is 5.75 Å². The van der Waals surface area contributed by atoms with E-state index >= 15 is 0 Å². The molecule has 30 heavy (non-hydrogen) atoms. The molecule has 9 heteroatoms. The molecule has 6 nitrogen and oxygen atoms in total. The van der Waals surface area contributed by atoms with Crippen molar-refractivity contribution < 1.29 is 22.4 Å². The third-order valence-corrected chi connectivity index (χ3v) is 4.35. The molecule has 4 aromatic rings. The van der Waals surface area contributed by atoms with Crippen molar-refractivity contribution in [3.63, 3.8) is 0 Å². The molecule has 0 N–H and O–H groups in total. The van der Waals surface area contributed by atoms with Crippen molar-refractivity contribution in [2.45, 2.75) is 13.3 Å². The molecule has 0 amide bonds. The van der Waals surface area contributed by atoms with Crippen LogP contribution in [-0.2, 0) is 0 Å². The Bertz CT molecular complexity index is 1350. The van der Waals surface area contributed by atoms with Crippen molar-refractivity contribution in [1.82, 2.24) is 9.72 Å². The highest BCUT2D eigenvalue weighted by Crippen LogP contribution is 2.27. The molecule has 2 heterocycles. The van der Waals surface area contributed by atoms with Crippen LogP contribution < -0.4 is 10.3 Å². The lowest BCUT2D eigenvalue weighted by Crippen LogP contribution is -2.21. The number of nitriles is 1. The molecule has 0 saturated heterocycles. The number of hydrogen-bond donors (Lipinski definition) is 0. The summed E-state index contributed by atoms with van der Waals surface area (Å²) >= 11 is 0. The first kappa shape index (κ1) is 19.3.